The van der Waals surface area contributed by atoms with Crippen LogP contribution in [0.4, 0.5) is 4.79 Å². The van der Waals surface area contributed by atoms with Gasteiger partial charge in [-0.3, -0.25) is 4.68 Å². The molecule has 2 rings (SSSR count). The molecule has 7 heteroatoms. The molecule has 0 bridgehead atoms. The summed E-state index contributed by atoms with van der Waals surface area (Å²) in [6, 6.07) is -0.129. The monoisotopic (exact) mass is 343 g/mol. The SMILES string of the molecule is CN1CCCC(CNC(=O)NCc2nn(C)cc2Br)C1. The van der Waals surface area contributed by atoms with E-state index >= 15 is 0 Å². The zero-order valence-electron chi connectivity index (χ0n) is 12.0. The van der Waals surface area contributed by atoms with Crippen LogP contribution < -0.4 is 10.6 Å². The molecule has 0 aliphatic carbocycles. The highest BCUT2D eigenvalue weighted by molar-refractivity contribution is 9.10. The Morgan fingerprint density at radius 1 is 1.50 bits per heavy atom. The molecule has 20 heavy (non-hydrogen) atoms. The minimum absolute atomic E-state index is 0.129. The van der Waals surface area contributed by atoms with Gasteiger partial charge in [0.25, 0.3) is 0 Å². The highest BCUT2D eigenvalue weighted by Gasteiger charge is 2.17. The topological polar surface area (TPSA) is 62.2 Å². The maximum atomic E-state index is 11.8. The molecule has 0 saturated carbocycles. The first-order valence-corrected chi connectivity index (χ1v) is 7.72. The number of urea groups is 1. The van der Waals surface area contributed by atoms with Gasteiger partial charge in [-0.25, -0.2) is 4.79 Å². The van der Waals surface area contributed by atoms with Crippen molar-refractivity contribution in [3.05, 3.63) is 16.4 Å². The third kappa shape index (κ3) is 4.49. The van der Waals surface area contributed by atoms with Gasteiger partial charge in [0.2, 0.25) is 0 Å². The van der Waals surface area contributed by atoms with Crippen molar-refractivity contribution < 1.29 is 4.79 Å². The third-order valence-electron chi connectivity index (χ3n) is 3.54. The molecule has 0 aromatic carbocycles. The number of halogens is 1. The van der Waals surface area contributed by atoms with Crippen LogP contribution >= 0.6 is 15.9 Å². The Morgan fingerprint density at radius 2 is 2.30 bits per heavy atom. The van der Waals surface area contributed by atoms with Crippen LogP contribution in [0.2, 0.25) is 0 Å². The molecule has 6 nitrogen and oxygen atoms in total. The number of aryl methyl sites for hydroxylation is 1. The number of carbonyl (C=O) groups excluding carboxylic acids is 1. The second-order valence-electron chi connectivity index (χ2n) is 5.43. The van der Waals surface area contributed by atoms with Crippen molar-refractivity contribution in [2.24, 2.45) is 13.0 Å². The Hall–Kier alpha value is -1.08. The molecule has 1 aliphatic heterocycles. The number of hydrogen-bond acceptors (Lipinski definition) is 3. The summed E-state index contributed by atoms with van der Waals surface area (Å²) in [4.78, 5) is 14.1. The van der Waals surface area contributed by atoms with Crippen LogP contribution in [0.15, 0.2) is 10.7 Å². The number of hydrogen-bond donors (Lipinski definition) is 2. The van der Waals surface area contributed by atoms with E-state index < -0.39 is 0 Å². The molecule has 1 saturated heterocycles. The summed E-state index contributed by atoms with van der Waals surface area (Å²) in [6.07, 6.45) is 4.27. The molecule has 1 aromatic heterocycles. The molecule has 2 N–H and O–H groups in total. The van der Waals surface area contributed by atoms with Crippen molar-refractivity contribution >= 4 is 22.0 Å². The molecule has 1 unspecified atom stereocenters. The second-order valence-corrected chi connectivity index (χ2v) is 6.29. The van der Waals surface area contributed by atoms with Gasteiger partial charge in [-0.05, 0) is 48.3 Å². The van der Waals surface area contributed by atoms with Crippen molar-refractivity contribution in [1.29, 1.82) is 0 Å². The third-order valence-corrected chi connectivity index (χ3v) is 4.21. The number of likely N-dealkylation sites (tertiary alicyclic amines) is 1. The van der Waals surface area contributed by atoms with Gasteiger partial charge in [0, 0.05) is 26.3 Å². The lowest BCUT2D eigenvalue weighted by atomic mass is 9.99. The standard InChI is InChI=1S/C13H22BrN5O/c1-18-5-3-4-10(8-18)6-15-13(20)16-7-12-11(14)9-19(2)17-12/h9-10H,3-8H2,1-2H3,(H2,15,16,20). The smallest absolute Gasteiger partial charge is 0.315 e. The van der Waals surface area contributed by atoms with E-state index in [2.05, 4.69) is 43.6 Å². The summed E-state index contributed by atoms with van der Waals surface area (Å²) in [7, 11) is 3.98. The predicted octanol–water partition coefficient (Wildman–Crippen LogP) is 1.32. The largest absolute Gasteiger partial charge is 0.338 e. The van der Waals surface area contributed by atoms with E-state index in [1.165, 1.54) is 12.8 Å². The first-order valence-electron chi connectivity index (χ1n) is 6.93. The summed E-state index contributed by atoms with van der Waals surface area (Å²) in [5, 5.41) is 10.0. The first-order chi connectivity index (χ1) is 9.54. The fraction of sp³-hybridized carbons (Fsp3) is 0.692. The summed E-state index contributed by atoms with van der Waals surface area (Å²) < 4.78 is 2.63. The molecular weight excluding hydrogens is 322 g/mol. The summed E-state index contributed by atoms with van der Waals surface area (Å²) in [5.41, 5.74) is 0.833. The number of amides is 2. The average Bonchev–Trinajstić information content (AvgIpc) is 2.72. The number of aromatic nitrogens is 2. The Kier molecular flexibility index (Phi) is 5.42. The van der Waals surface area contributed by atoms with Crippen molar-refractivity contribution in [2.45, 2.75) is 19.4 Å². The molecule has 2 amide bonds. The van der Waals surface area contributed by atoms with E-state index in [1.807, 2.05) is 13.2 Å². The molecule has 1 aromatic rings. The van der Waals surface area contributed by atoms with Crippen LogP contribution in [0, 0.1) is 5.92 Å². The molecule has 1 aliphatic rings. The summed E-state index contributed by atoms with van der Waals surface area (Å²) in [5.74, 6) is 0.557. The minimum Gasteiger partial charge on any atom is -0.338 e. The van der Waals surface area contributed by atoms with E-state index in [0.29, 0.717) is 12.5 Å². The number of nitrogens with zero attached hydrogens (tertiary/aromatic N) is 3. The van der Waals surface area contributed by atoms with Crippen molar-refractivity contribution in [3.8, 4) is 0 Å². The summed E-state index contributed by atoms with van der Waals surface area (Å²) in [6.45, 7) is 3.39. The van der Waals surface area contributed by atoms with Crippen molar-refractivity contribution in [3.63, 3.8) is 0 Å². The normalized spacial score (nSPS) is 19.9. The molecule has 112 valence electrons. The van der Waals surface area contributed by atoms with Gasteiger partial charge in [0.1, 0.15) is 0 Å². The number of nitrogens with one attached hydrogen (secondary N) is 2. The molecule has 1 atom stereocenters. The fourth-order valence-electron chi connectivity index (χ4n) is 2.53. The van der Waals surface area contributed by atoms with Crippen LogP contribution in [-0.4, -0.2) is 47.4 Å². The van der Waals surface area contributed by atoms with E-state index in [-0.39, 0.29) is 6.03 Å². The van der Waals surface area contributed by atoms with Gasteiger partial charge < -0.3 is 15.5 Å². The van der Waals surface area contributed by atoms with Gasteiger partial charge in [-0.2, -0.15) is 5.10 Å². The van der Waals surface area contributed by atoms with Gasteiger partial charge in [-0.15, -0.1) is 0 Å². The van der Waals surface area contributed by atoms with Crippen molar-refractivity contribution in [2.75, 3.05) is 26.7 Å². The Morgan fingerprint density at radius 3 is 2.95 bits per heavy atom. The van der Waals surface area contributed by atoms with Crippen LogP contribution in [0.1, 0.15) is 18.5 Å². The van der Waals surface area contributed by atoms with Crippen LogP contribution in [0.25, 0.3) is 0 Å². The fourth-order valence-corrected chi connectivity index (χ4v) is 3.04. The van der Waals surface area contributed by atoms with Crippen LogP contribution in [0.5, 0.6) is 0 Å². The Balaban J connectivity index is 1.69. The number of piperidine rings is 1. The minimum atomic E-state index is -0.129. The maximum Gasteiger partial charge on any atom is 0.315 e. The zero-order chi connectivity index (χ0) is 14.5. The van der Waals surface area contributed by atoms with Gasteiger partial charge in [-0.1, -0.05) is 0 Å². The second kappa shape index (κ2) is 7.08. The average molecular weight is 344 g/mol. The van der Waals surface area contributed by atoms with Gasteiger partial charge in [0.15, 0.2) is 0 Å². The lowest BCUT2D eigenvalue weighted by molar-refractivity contribution is 0.202. The highest BCUT2D eigenvalue weighted by Crippen LogP contribution is 2.14. The molecule has 0 radical (unpaired) electrons. The summed E-state index contributed by atoms with van der Waals surface area (Å²) >= 11 is 3.41. The van der Waals surface area contributed by atoms with Gasteiger partial charge in [0.05, 0.1) is 16.7 Å². The number of rotatable bonds is 4. The van der Waals surface area contributed by atoms with E-state index in [1.54, 1.807) is 4.68 Å². The Bertz CT molecular complexity index is 462. The number of carbonyl (C=O) groups is 1. The zero-order valence-corrected chi connectivity index (χ0v) is 13.6. The quantitative estimate of drug-likeness (QED) is 0.866. The van der Waals surface area contributed by atoms with Crippen LogP contribution in [-0.2, 0) is 13.6 Å². The van der Waals surface area contributed by atoms with E-state index in [4.69, 9.17) is 0 Å². The Labute approximate surface area is 128 Å². The molecule has 2 heterocycles. The maximum absolute atomic E-state index is 11.8. The predicted molar refractivity (Wildman–Crippen MR) is 81.4 cm³/mol. The lowest BCUT2D eigenvalue weighted by Crippen LogP contribution is -2.42. The van der Waals surface area contributed by atoms with E-state index in [9.17, 15) is 4.79 Å². The van der Waals surface area contributed by atoms with Gasteiger partial charge >= 0.3 is 6.03 Å². The molecule has 0 spiro atoms. The van der Waals surface area contributed by atoms with Crippen LogP contribution in [0.3, 0.4) is 0 Å². The van der Waals surface area contributed by atoms with E-state index in [0.717, 1.165) is 29.8 Å². The highest BCUT2D eigenvalue weighted by atomic mass is 79.9. The van der Waals surface area contributed by atoms with Crippen molar-refractivity contribution in [1.82, 2.24) is 25.3 Å². The first kappa shape index (κ1) is 15.3. The molecular formula is C13H22BrN5O. The lowest BCUT2D eigenvalue weighted by Gasteiger charge is -2.29. The molecule has 1 fully saturated rings.